The molecule has 0 spiro atoms. The second-order valence-corrected chi connectivity index (χ2v) is 6.74. The summed E-state index contributed by atoms with van der Waals surface area (Å²) < 4.78 is 25.0. The van der Waals surface area contributed by atoms with Gasteiger partial charge in [0, 0.05) is 37.0 Å². The Bertz CT molecular complexity index is 719. The van der Waals surface area contributed by atoms with Gasteiger partial charge in [0.2, 0.25) is 0 Å². The van der Waals surface area contributed by atoms with E-state index in [2.05, 4.69) is 10.4 Å². The number of nitrogens with one attached hydrogen (secondary N) is 1. The summed E-state index contributed by atoms with van der Waals surface area (Å²) in [5.41, 5.74) is 3.13. The SMILES string of the molecule is CS(=O)(=O)c1cccc(-n2ncc3c2CCNC3)c1. The number of benzene rings is 1. The van der Waals surface area contributed by atoms with Gasteiger partial charge in [-0.3, -0.25) is 0 Å². The maximum absolute atomic E-state index is 11.6. The van der Waals surface area contributed by atoms with Crippen LogP contribution in [0.2, 0.25) is 0 Å². The van der Waals surface area contributed by atoms with E-state index in [1.165, 1.54) is 11.8 Å². The van der Waals surface area contributed by atoms with Gasteiger partial charge in [0.1, 0.15) is 0 Å². The Morgan fingerprint density at radius 3 is 3.00 bits per heavy atom. The fourth-order valence-corrected chi connectivity index (χ4v) is 2.98. The predicted octanol–water partition coefficient (Wildman–Crippen LogP) is 0.921. The average molecular weight is 277 g/mol. The number of hydrogen-bond acceptors (Lipinski definition) is 4. The number of nitrogens with zero attached hydrogens (tertiary/aromatic N) is 2. The van der Waals surface area contributed by atoms with Crippen LogP contribution in [-0.2, 0) is 22.8 Å². The average Bonchev–Trinajstić information content (AvgIpc) is 2.82. The summed E-state index contributed by atoms with van der Waals surface area (Å²) in [6, 6.07) is 6.91. The molecule has 0 amide bonds. The van der Waals surface area contributed by atoms with Gasteiger partial charge in [-0.1, -0.05) is 6.07 Å². The molecule has 1 N–H and O–H groups in total. The summed E-state index contributed by atoms with van der Waals surface area (Å²) >= 11 is 0. The van der Waals surface area contributed by atoms with Crippen LogP contribution in [0.4, 0.5) is 0 Å². The van der Waals surface area contributed by atoms with Crippen molar-refractivity contribution in [3.8, 4) is 5.69 Å². The Labute approximate surface area is 112 Å². The van der Waals surface area contributed by atoms with Crippen LogP contribution >= 0.6 is 0 Å². The van der Waals surface area contributed by atoms with E-state index < -0.39 is 9.84 Å². The van der Waals surface area contributed by atoms with Gasteiger partial charge in [-0.15, -0.1) is 0 Å². The molecule has 1 aromatic carbocycles. The molecule has 1 aliphatic heterocycles. The van der Waals surface area contributed by atoms with Gasteiger partial charge in [-0.2, -0.15) is 5.10 Å². The molecule has 0 saturated carbocycles. The zero-order chi connectivity index (χ0) is 13.5. The topological polar surface area (TPSA) is 64.0 Å². The van der Waals surface area contributed by atoms with Crippen LogP contribution in [0.1, 0.15) is 11.3 Å². The maximum Gasteiger partial charge on any atom is 0.175 e. The van der Waals surface area contributed by atoms with Crippen molar-refractivity contribution < 1.29 is 8.42 Å². The summed E-state index contributed by atoms with van der Waals surface area (Å²) in [7, 11) is -3.19. The van der Waals surface area contributed by atoms with E-state index in [-0.39, 0.29) is 0 Å². The first-order chi connectivity index (χ1) is 9.05. The minimum absolute atomic E-state index is 0.322. The molecule has 2 heterocycles. The third kappa shape index (κ3) is 2.29. The summed E-state index contributed by atoms with van der Waals surface area (Å²) in [5.74, 6) is 0. The van der Waals surface area contributed by atoms with Crippen LogP contribution in [0, 0.1) is 0 Å². The van der Waals surface area contributed by atoms with Gasteiger partial charge in [0.25, 0.3) is 0 Å². The number of rotatable bonds is 2. The molecule has 1 aromatic heterocycles. The molecule has 5 nitrogen and oxygen atoms in total. The fraction of sp³-hybridized carbons (Fsp3) is 0.308. The van der Waals surface area contributed by atoms with Crippen molar-refractivity contribution in [2.45, 2.75) is 17.9 Å². The molecule has 0 bridgehead atoms. The zero-order valence-electron chi connectivity index (χ0n) is 10.6. The van der Waals surface area contributed by atoms with Crippen LogP contribution in [0.15, 0.2) is 35.4 Å². The van der Waals surface area contributed by atoms with Crippen LogP contribution in [0.25, 0.3) is 5.69 Å². The maximum atomic E-state index is 11.6. The van der Waals surface area contributed by atoms with Crippen molar-refractivity contribution in [2.75, 3.05) is 12.8 Å². The Morgan fingerprint density at radius 2 is 2.21 bits per heavy atom. The van der Waals surface area contributed by atoms with Crippen molar-refractivity contribution >= 4 is 9.84 Å². The highest BCUT2D eigenvalue weighted by Crippen LogP contribution is 2.20. The van der Waals surface area contributed by atoms with Crippen molar-refractivity contribution in [1.82, 2.24) is 15.1 Å². The first-order valence-corrected chi connectivity index (χ1v) is 8.02. The molecule has 0 saturated heterocycles. The second kappa shape index (κ2) is 4.47. The van der Waals surface area contributed by atoms with Crippen molar-refractivity contribution in [3.63, 3.8) is 0 Å². The van der Waals surface area contributed by atoms with Crippen molar-refractivity contribution in [3.05, 3.63) is 41.7 Å². The first kappa shape index (κ1) is 12.4. The third-order valence-corrected chi connectivity index (χ3v) is 4.41. The molecule has 0 atom stereocenters. The van der Waals surface area contributed by atoms with Crippen LogP contribution in [0.3, 0.4) is 0 Å². The molecule has 0 unspecified atom stereocenters. The van der Waals surface area contributed by atoms with Gasteiger partial charge >= 0.3 is 0 Å². The lowest BCUT2D eigenvalue weighted by atomic mass is 10.1. The summed E-state index contributed by atoms with van der Waals surface area (Å²) in [6.07, 6.45) is 3.96. The summed E-state index contributed by atoms with van der Waals surface area (Å²) in [6.45, 7) is 1.74. The van der Waals surface area contributed by atoms with E-state index in [1.807, 2.05) is 16.9 Å². The molecule has 0 aliphatic carbocycles. The van der Waals surface area contributed by atoms with Crippen LogP contribution in [0.5, 0.6) is 0 Å². The normalized spacial score (nSPS) is 15.2. The highest BCUT2D eigenvalue weighted by molar-refractivity contribution is 7.90. The van der Waals surface area contributed by atoms with E-state index in [9.17, 15) is 8.42 Å². The zero-order valence-corrected chi connectivity index (χ0v) is 11.4. The first-order valence-electron chi connectivity index (χ1n) is 6.13. The number of hydrogen-bond donors (Lipinski definition) is 1. The Kier molecular flexibility index (Phi) is 2.91. The predicted molar refractivity (Wildman–Crippen MR) is 72.1 cm³/mol. The largest absolute Gasteiger partial charge is 0.312 e. The molecule has 2 aromatic rings. The number of fused-ring (bicyclic) bond motifs is 1. The molecule has 19 heavy (non-hydrogen) atoms. The van der Waals surface area contributed by atoms with Gasteiger partial charge in [-0.05, 0) is 18.2 Å². The Hall–Kier alpha value is -1.66. The Morgan fingerprint density at radius 1 is 1.37 bits per heavy atom. The lowest BCUT2D eigenvalue weighted by molar-refractivity contribution is 0.601. The van der Waals surface area contributed by atoms with Gasteiger partial charge in [0.15, 0.2) is 9.84 Å². The lowest BCUT2D eigenvalue weighted by Crippen LogP contribution is -2.24. The van der Waals surface area contributed by atoms with Crippen molar-refractivity contribution in [2.24, 2.45) is 0 Å². The molecule has 0 fully saturated rings. The van der Waals surface area contributed by atoms with E-state index in [4.69, 9.17) is 0 Å². The standard InChI is InChI=1S/C13H15N3O2S/c1-19(17,18)12-4-2-3-11(7-12)16-13-5-6-14-8-10(13)9-15-16/h2-4,7,9,14H,5-6,8H2,1H3. The Balaban J connectivity index is 2.10. The fourth-order valence-electron chi connectivity index (χ4n) is 2.32. The van der Waals surface area contributed by atoms with E-state index in [0.29, 0.717) is 4.90 Å². The minimum Gasteiger partial charge on any atom is -0.312 e. The van der Waals surface area contributed by atoms with E-state index in [0.717, 1.165) is 30.9 Å². The molecular formula is C13H15N3O2S. The molecular weight excluding hydrogens is 262 g/mol. The van der Waals surface area contributed by atoms with Crippen molar-refractivity contribution in [1.29, 1.82) is 0 Å². The summed E-state index contributed by atoms with van der Waals surface area (Å²) in [5, 5.41) is 7.67. The molecule has 1 aliphatic rings. The van der Waals surface area contributed by atoms with Crippen LogP contribution in [-0.4, -0.2) is 31.0 Å². The van der Waals surface area contributed by atoms with E-state index >= 15 is 0 Å². The van der Waals surface area contributed by atoms with E-state index in [1.54, 1.807) is 18.2 Å². The van der Waals surface area contributed by atoms with Gasteiger partial charge < -0.3 is 5.32 Å². The lowest BCUT2D eigenvalue weighted by Gasteiger charge is -2.15. The molecule has 6 heteroatoms. The second-order valence-electron chi connectivity index (χ2n) is 4.72. The number of sulfone groups is 1. The van der Waals surface area contributed by atoms with Gasteiger partial charge in [0.05, 0.1) is 16.8 Å². The van der Waals surface area contributed by atoms with Gasteiger partial charge in [-0.25, -0.2) is 13.1 Å². The third-order valence-electron chi connectivity index (χ3n) is 3.30. The quantitative estimate of drug-likeness (QED) is 0.886. The smallest absolute Gasteiger partial charge is 0.175 e. The number of aromatic nitrogens is 2. The van der Waals surface area contributed by atoms with Crippen LogP contribution < -0.4 is 5.32 Å². The summed E-state index contributed by atoms with van der Waals surface area (Å²) in [4.78, 5) is 0.322. The molecule has 3 rings (SSSR count). The minimum atomic E-state index is -3.19. The highest BCUT2D eigenvalue weighted by atomic mass is 32.2. The molecule has 0 radical (unpaired) electrons. The highest BCUT2D eigenvalue weighted by Gasteiger charge is 2.16. The monoisotopic (exact) mass is 277 g/mol. The molecule has 100 valence electrons.